The van der Waals surface area contributed by atoms with Gasteiger partial charge in [-0.15, -0.1) is 0 Å². The Kier molecular flexibility index (Phi) is 4.76. The Morgan fingerprint density at radius 3 is 2.46 bits per heavy atom. The summed E-state index contributed by atoms with van der Waals surface area (Å²) in [5.41, 5.74) is 0.939. The summed E-state index contributed by atoms with van der Waals surface area (Å²) in [5.74, 6) is -0.190. The van der Waals surface area contributed by atoms with E-state index in [0.717, 1.165) is 0 Å². The number of fused-ring (bicyclic) bond motifs is 1. The zero-order valence-electron chi connectivity index (χ0n) is 15.2. The van der Waals surface area contributed by atoms with Crippen molar-refractivity contribution in [1.29, 1.82) is 0 Å². The Morgan fingerprint density at radius 2 is 1.81 bits per heavy atom. The van der Waals surface area contributed by atoms with Crippen LogP contribution in [0.3, 0.4) is 0 Å². The number of carbonyl (C=O) groups excluding carboxylic acids is 2. The molecular weight excluding hydrogens is 336 g/mol. The predicted octanol–water partition coefficient (Wildman–Crippen LogP) is 1.99. The molecule has 2 amide bonds. The van der Waals surface area contributed by atoms with Crippen molar-refractivity contribution in [2.45, 2.75) is 45.3 Å². The Balaban J connectivity index is 1.55. The first-order valence-electron chi connectivity index (χ1n) is 8.72. The van der Waals surface area contributed by atoms with Crippen molar-refractivity contribution in [3.63, 3.8) is 0 Å². The van der Waals surface area contributed by atoms with Crippen molar-refractivity contribution in [2.24, 2.45) is 0 Å². The first-order chi connectivity index (χ1) is 12.2. The van der Waals surface area contributed by atoms with Gasteiger partial charge in [-0.2, -0.15) is 0 Å². The molecule has 2 heterocycles. The Labute approximate surface area is 150 Å². The quantitative estimate of drug-likeness (QED) is 0.761. The highest BCUT2D eigenvalue weighted by molar-refractivity contribution is 5.97. The van der Waals surface area contributed by atoms with Gasteiger partial charge in [0, 0.05) is 24.7 Å². The van der Waals surface area contributed by atoms with Crippen molar-refractivity contribution in [3.05, 3.63) is 34.2 Å². The molecule has 0 radical (unpaired) electrons. The number of amides is 2. The topological polar surface area (TPSA) is 107 Å². The zero-order valence-corrected chi connectivity index (χ0v) is 15.2. The van der Waals surface area contributed by atoms with E-state index in [9.17, 15) is 14.4 Å². The van der Waals surface area contributed by atoms with E-state index in [-0.39, 0.29) is 23.7 Å². The third kappa shape index (κ3) is 4.25. The number of hydrogen-bond donors (Lipinski definition) is 3. The lowest BCUT2D eigenvalue weighted by Crippen LogP contribution is -2.47. The van der Waals surface area contributed by atoms with Gasteiger partial charge in [0.25, 0.3) is 5.91 Å². The second-order valence-corrected chi connectivity index (χ2v) is 7.55. The molecule has 8 heteroatoms. The number of nitrogens with zero attached hydrogens (tertiary/aromatic N) is 1. The first-order valence-corrected chi connectivity index (χ1v) is 8.72. The molecule has 8 nitrogen and oxygen atoms in total. The van der Waals surface area contributed by atoms with Crippen LogP contribution >= 0.6 is 0 Å². The van der Waals surface area contributed by atoms with Gasteiger partial charge in [0.15, 0.2) is 0 Å². The number of piperidine rings is 1. The summed E-state index contributed by atoms with van der Waals surface area (Å²) >= 11 is 0. The third-order valence-corrected chi connectivity index (χ3v) is 4.26. The van der Waals surface area contributed by atoms with E-state index in [4.69, 9.17) is 4.74 Å². The standard InChI is InChI=1S/C18H24N4O4/c1-18(2,3)26-17(25)22-8-6-12(7-9-22)19-15(23)11-4-5-13-14(10-11)21-16(24)20-13/h4-5,10,12H,6-9H2,1-3H3,(H,19,23)(H2,20,21,24). The molecule has 0 saturated carbocycles. The van der Waals surface area contributed by atoms with Crippen molar-refractivity contribution >= 4 is 23.0 Å². The fourth-order valence-corrected chi connectivity index (χ4v) is 2.98. The number of benzene rings is 1. The molecule has 0 aliphatic carbocycles. The number of carbonyl (C=O) groups is 2. The van der Waals surface area contributed by atoms with E-state index in [1.807, 2.05) is 20.8 Å². The van der Waals surface area contributed by atoms with Crippen molar-refractivity contribution in [2.75, 3.05) is 13.1 Å². The van der Waals surface area contributed by atoms with Gasteiger partial charge in [-0.05, 0) is 51.8 Å². The van der Waals surface area contributed by atoms with Crippen LogP contribution in [-0.4, -0.2) is 51.6 Å². The Morgan fingerprint density at radius 1 is 1.15 bits per heavy atom. The molecule has 140 valence electrons. The van der Waals surface area contributed by atoms with Crippen molar-refractivity contribution in [3.8, 4) is 0 Å². The molecule has 0 unspecified atom stereocenters. The molecule has 3 rings (SSSR count). The molecule has 26 heavy (non-hydrogen) atoms. The number of hydrogen-bond acceptors (Lipinski definition) is 4. The van der Waals surface area contributed by atoms with Gasteiger partial charge < -0.3 is 24.9 Å². The molecule has 1 saturated heterocycles. The molecule has 3 N–H and O–H groups in total. The average Bonchev–Trinajstić information content (AvgIpc) is 2.93. The highest BCUT2D eigenvalue weighted by atomic mass is 16.6. The number of aromatic amines is 2. The minimum absolute atomic E-state index is 0.00200. The summed E-state index contributed by atoms with van der Waals surface area (Å²) < 4.78 is 5.37. The monoisotopic (exact) mass is 360 g/mol. The van der Waals surface area contributed by atoms with Gasteiger partial charge in [0.1, 0.15) is 5.60 Å². The van der Waals surface area contributed by atoms with Crippen LogP contribution in [0.1, 0.15) is 44.0 Å². The maximum absolute atomic E-state index is 12.4. The molecule has 1 aliphatic heterocycles. The van der Waals surface area contributed by atoms with Crippen LogP contribution in [0.2, 0.25) is 0 Å². The summed E-state index contributed by atoms with van der Waals surface area (Å²) in [6.45, 7) is 6.61. The van der Waals surface area contributed by atoms with Crippen LogP contribution in [0.4, 0.5) is 4.79 Å². The highest BCUT2D eigenvalue weighted by Crippen LogP contribution is 2.16. The van der Waals surface area contributed by atoms with Gasteiger partial charge in [-0.3, -0.25) is 4.79 Å². The van der Waals surface area contributed by atoms with E-state index >= 15 is 0 Å². The molecular formula is C18H24N4O4. The lowest BCUT2D eigenvalue weighted by Gasteiger charge is -2.33. The lowest BCUT2D eigenvalue weighted by molar-refractivity contribution is 0.0199. The van der Waals surface area contributed by atoms with Gasteiger partial charge in [-0.25, -0.2) is 9.59 Å². The van der Waals surface area contributed by atoms with Crippen molar-refractivity contribution < 1.29 is 14.3 Å². The predicted molar refractivity (Wildman–Crippen MR) is 97.2 cm³/mol. The number of H-pyrrole nitrogens is 2. The Hall–Kier alpha value is -2.77. The fraction of sp³-hybridized carbons (Fsp3) is 0.500. The number of rotatable bonds is 2. The number of nitrogens with one attached hydrogen (secondary N) is 3. The maximum Gasteiger partial charge on any atom is 0.410 e. The minimum Gasteiger partial charge on any atom is -0.444 e. The van der Waals surface area contributed by atoms with Crippen LogP contribution < -0.4 is 11.0 Å². The second kappa shape index (κ2) is 6.86. The second-order valence-electron chi connectivity index (χ2n) is 7.55. The fourth-order valence-electron chi connectivity index (χ4n) is 2.98. The van der Waals surface area contributed by atoms with Crippen LogP contribution in [-0.2, 0) is 4.74 Å². The summed E-state index contributed by atoms with van der Waals surface area (Å²) in [6, 6.07) is 5.03. The smallest absolute Gasteiger partial charge is 0.410 e. The highest BCUT2D eigenvalue weighted by Gasteiger charge is 2.27. The lowest BCUT2D eigenvalue weighted by atomic mass is 10.0. The van der Waals surface area contributed by atoms with E-state index in [1.165, 1.54) is 0 Å². The summed E-state index contributed by atoms with van der Waals surface area (Å²) in [5, 5.41) is 2.99. The average molecular weight is 360 g/mol. The van der Waals surface area contributed by atoms with Gasteiger partial charge in [0.2, 0.25) is 0 Å². The molecule has 2 aromatic rings. The van der Waals surface area contributed by atoms with E-state index in [2.05, 4.69) is 15.3 Å². The van der Waals surface area contributed by atoms with Crippen LogP contribution in [0, 0.1) is 0 Å². The van der Waals surface area contributed by atoms with Gasteiger partial charge in [0.05, 0.1) is 11.0 Å². The number of ether oxygens (including phenoxy) is 1. The summed E-state index contributed by atoms with van der Waals surface area (Å²) in [4.78, 5) is 42.8. The third-order valence-electron chi connectivity index (χ3n) is 4.26. The van der Waals surface area contributed by atoms with E-state index in [0.29, 0.717) is 42.5 Å². The van der Waals surface area contributed by atoms with Crippen LogP contribution in [0.15, 0.2) is 23.0 Å². The maximum atomic E-state index is 12.4. The first kappa shape index (κ1) is 18.0. The number of likely N-dealkylation sites (tertiary alicyclic amines) is 1. The Bertz CT molecular complexity index is 869. The van der Waals surface area contributed by atoms with Gasteiger partial charge in [-0.1, -0.05) is 0 Å². The van der Waals surface area contributed by atoms with Gasteiger partial charge >= 0.3 is 11.8 Å². The minimum atomic E-state index is -0.514. The van der Waals surface area contributed by atoms with Crippen molar-refractivity contribution in [1.82, 2.24) is 20.2 Å². The largest absolute Gasteiger partial charge is 0.444 e. The summed E-state index contributed by atoms with van der Waals surface area (Å²) in [6.07, 6.45) is 1.03. The molecule has 1 aromatic heterocycles. The molecule has 0 bridgehead atoms. The SMILES string of the molecule is CC(C)(C)OC(=O)N1CCC(NC(=O)c2ccc3[nH]c(=O)[nH]c3c2)CC1. The molecule has 1 fully saturated rings. The zero-order chi connectivity index (χ0) is 18.9. The van der Waals surface area contributed by atoms with E-state index < -0.39 is 5.60 Å². The number of aromatic nitrogens is 2. The molecule has 1 aromatic carbocycles. The molecule has 0 atom stereocenters. The van der Waals surface area contributed by atoms with Crippen LogP contribution in [0.5, 0.6) is 0 Å². The van der Waals surface area contributed by atoms with Crippen LogP contribution in [0.25, 0.3) is 11.0 Å². The normalized spacial score (nSPS) is 15.9. The van der Waals surface area contributed by atoms with E-state index in [1.54, 1.807) is 23.1 Å². The number of imidazole rings is 1. The summed E-state index contributed by atoms with van der Waals surface area (Å²) in [7, 11) is 0. The molecule has 0 spiro atoms. The molecule has 1 aliphatic rings.